The lowest BCUT2D eigenvalue weighted by Crippen LogP contribution is -1.99. The first-order chi connectivity index (χ1) is 11.2. The van der Waals surface area contributed by atoms with Gasteiger partial charge in [-0.25, -0.2) is 14.4 Å². The van der Waals surface area contributed by atoms with Crippen molar-refractivity contribution < 1.29 is 4.39 Å². The number of H-pyrrole nitrogens is 2. The van der Waals surface area contributed by atoms with E-state index in [0.717, 1.165) is 38.8 Å². The number of nitrogens with zero attached hydrogens (tertiary/aromatic N) is 4. The number of rotatable bonds is 1. The molecular formula is C16H11FN6. The van der Waals surface area contributed by atoms with E-state index in [1.54, 1.807) is 18.6 Å². The summed E-state index contributed by atoms with van der Waals surface area (Å²) in [4.78, 5) is 11.8. The fourth-order valence-corrected chi connectivity index (χ4v) is 3.12. The standard InChI is InChI=1S/C16H11FN6/c1-8-13(5-11-16(21-8)19-7-18-11)23-12-3-2-9(17)4-10(12)15-14(23)6-20-22-15/h2-7H,1H3,(H,20,22)(H,18,19,21). The highest BCUT2D eigenvalue weighted by Crippen LogP contribution is 2.32. The van der Waals surface area contributed by atoms with E-state index in [1.807, 2.05) is 17.6 Å². The van der Waals surface area contributed by atoms with Crippen molar-refractivity contribution in [3.8, 4) is 5.69 Å². The van der Waals surface area contributed by atoms with Crippen LogP contribution in [0.2, 0.25) is 0 Å². The number of aromatic amines is 2. The van der Waals surface area contributed by atoms with E-state index < -0.39 is 0 Å². The number of hydrogen-bond acceptors (Lipinski definition) is 3. The number of pyridine rings is 1. The Bertz CT molecular complexity index is 1200. The summed E-state index contributed by atoms with van der Waals surface area (Å²) in [5, 5.41) is 7.85. The summed E-state index contributed by atoms with van der Waals surface area (Å²) in [5.74, 6) is -0.273. The fourth-order valence-electron chi connectivity index (χ4n) is 3.12. The lowest BCUT2D eigenvalue weighted by atomic mass is 10.2. The molecule has 0 radical (unpaired) electrons. The Morgan fingerprint density at radius 1 is 1.17 bits per heavy atom. The Hall–Kier alpha value is -3.22. The Morgan fingerprint density at radius 3 is 3.00 bits per heavy atom. The lowest BCUT2D eigenvalue weighted by molar-refractivity contribution is 0.629. The third-order valence-electron chi connectivity index (χ3n) is 4.14. The van der Waals surface area contributed by atoms with Gasteiger partial charge < -0.3 is 9.55 Å². The van der Waals surface area contributed by atoms with Crippen LogP contribution >= 0.6 is 0 Å². The quantitative estimate of drug-likeness (QED) is 0.499. The molecule has 2 N–H and O–H groups in total. The number of hydrogen-bond donors (Lipinski definition) is 2. The number of imidazole rings is 1. The van der Waals surface area contributed by atoms with Crippen LogP contribution < -0.4 is 0 Å². The van der Waals surface area contributed by atoms with Crippen molar-refractivity contribution in [2.45, 2.75) is 6.92 Å². The fraction of sp³-hybridized carbons (Fsp3) is 0.0625. The van der Waals surface area contributed by atoms with Gasteiger partial charge in [-0.15, -0.1) is 0 Å². The third kappa shape index (κ3) is 1.58. The zero-order chi connectivity index (χ0) is 15.6. The van der Waals surface area contributed by atoms with Gasteiger partial charge in [-0.3, -0.25) is 5.10 Å². The van der Waals surface area contributed by atoms with Gasteiger partial charge in [-0.05, 0) is 31.2 Å². The highest BCUT2D eigenvalue weighted by molar-refractivity contribution is 6.07. The topological polar surface area (TPSA) is 75.2 Å². The molecule has 0 unspecified atom stereocenters. The molecule has 0 fully saturated rings. The average molecular weight is 306 g/mol. The first-order valence-electron chi connectivity index (χ1n) is 7.16. The van der Waals surface area contributed by atoms with Crippen LogP contribution in [0.1, 0.15) is 5.69 Å². The molecule has 0 aliphatic rings. The summed E-state index contributed by atoms with van der Waals surface area (Å²) in [7, 11) is 0. The second-order valence-corrected chi connectivity index (χ2v) is 5.49. The van der Waals surface area contributed by atoms with Crippen LogP contribution in [0.4, 0.5) is 4.39 Å². The molecule has 0 aliphatic heterocycles. The second-order valence-electron chi connectivity index (χ2n) is 5.49. The van der Waals surface area contributed by atoms with Gasteiger partial charge in [0, 0.05) is 5.39 Å². The minimum Gasteiger partial charge on any atom is -0.343 e. The van der Waals surface area contributed by atoms with Crippen molar-refractivity contribution >= 4 is 33.1 Å². The summed E-state index contributed by atoms with van der Waals surface area (Å²) in [5.41, 5.74) is 5.88. The molecule has 0 aliphatic carbocycles. The monoisotopic (exact) mass is 306 g/mol. The number of aryl methyl sites for hydroxylation is 1. The lowest BCUT2D eigenvalue weighted by Gasteiger charge is -2.09. The van der Waals surface area contributed by atoms with Crippen molar-refractivity contribution in [3.05, 3.63) is 48.3 Å². The maximum atomic E-state index is 13.7. The van der Waals surface area contributed by atoms with E-state index in [-0.39, 0.29) is 5.82 Å². The van der Waals surface area contributed by atoms with Crippen molar-refractivity contribution in [2.75, 3.05) is 0 Å². The van der Waals surface area contributed by atoms with E-state index in [2.05, 4.69) is 25.1 Å². The molecule has 0 atom stereocenters. The smallest absolute Gasteiger partial charge is 0.177 e. The van der Waals surface area contributed by atoms with Crippen LogP contribution in [0.5, 0.6) is 0 Å². The maximum absolute atomic E-state index is 13.7. The summed E-state index contributed by atoms with van der Waals surface area (Å²) >= 11 is 0. The van der Waals surface area contributed by atoms with Crippen LogP contribution in [0.25, 0.3) is 38.8 Å². The summed E-state index contributed by atoms with van der Waals surface area (Å²) in [6.07, 6.45) is 3.36. The Morgan fingerprint density at radius 2 is 2.09 bits per heavy atom. The van der Waals surface area contributed by atoms with Gasteiger partial charge in [0.1, 0.15) is 5.82 Å². The Labute approximate surface area is 129 Å². The minimum absolute atomic E-state index is 0.273. The predicted octanol–water partition coefficient (Wildman–Crippen LogP) is 3.23. The van der Waals surface area contributed by atoms with E-state index in [4.69, 9.17) is 0 Å². The second kappa shape index (κ2) is 4.16. The van der Waals surface area contributed by atoms with Gasteiger partial charge in [-0.2, -0.15) is 5.10 Å². The Balaban J connectivity index is 1.96. The average Bonchev–Trinajstić information content (AvgIpc) is 3.22. The molecule has 5 aromatic rings. The highest BCUT2D eigenvalue weighted by atomic mass is 19.1. The zero-order valence-corrected chi connectivity index (χ0v) is 12.1. The van der Waals surface area contributed by atoms with Gasteiger partial charge in [0.15, 0.2) is 5.65 Å². The molecule has 23 heavy (non-hydrogen) atoms. The van der Waals surface area contributed by atoms with Gasteiger partial charge in [-0.1, -0.05) is 0 Å². The van der Waals surface area contributed by atoms with E-state index in [9.17, 15) is 4.39 Å². The molecule has 0 saturated heterocycles. The molecule has 1 aromatic carbocycles. The van der Waals surface area contributed by atoms with Crippen molar-refractivity contribution in [3.63, 3.8) is 0 Å². The predicted molar refractivity (Wildman–Crippen MR) is 85.1 cm³/mol. The van der Waals surface area contributed by atoms with E-state index in [1.165, 1.54) is 12.1 Å². The highest BCUT2D eigenvalue weighted by Gasteiger charge is 2.17. The molecule has 0 spiro atoms. The van der Waals surface area contributed by atoms with Crippen LogP contribution in [0, 0.1) is 12.7 Å². The van der Waals surface area contributed by atoms with Gasteiger partial charge in [0.25, 0.3) is 0 Å². The molecule has 0 saturated carbocycles. The SMILES string of the molecule is Cc1nc2nc[nH]c2cc1-n1c2ccc(F)cc2c2[nH]ncc21. The normalized spacial score (nSPS) is 11.9. The zero-order valence-electron chi connectivity index (χ0n) is 12.1. The third-order valence-corrected chi connectivity index (χ3v) is 4.14. The Kier molecular flexibility index (Phi) is 2.23. The molecule has 4 aromatic heterocycles. The summed E-state index contributed by atoms with van der Waals surface area (Å²) in [6, 6.07) is 6.75. The molecule has 112 valence electrons. The number of benzene rings is 1. The van der Waals surface area contributed by atoms with Crippen LogP contribution in [0.15, 0.2) is 36.8 Å². The van der Waals surface area contributed by atoms with Gasteiger partial charge >= 0.3 is 0 Å². The van der Waals surface area contributed by atoms with Crippen LogP contribution in [0.3, 0.4) is 0 Å². The summed E-state index contributed by atoms with van der Waals surface area (Å²) < 4.78 is 15.7. The summed E-state index contributed by atoms with van der Waals surface area (Å²) in [6.45, 7) is 1.94. The molecule has 7 heteroatoms. The molecule has 0 bridgehead atoms. The molecule has 0 amide bonds. The first kappa shape index (κ1) is 12.3. The molecule has 6 nitrogen and oxygen atoms in total. The molecule has 5 rings (SSSR count). The van der Waals surface area contributed by atoms with Crippen molar-refractivity contribution in [1.82, 2.24) is 29.7 Å². The van der Waals surface area contributed by atoms with Crippen molar-refractivity contribution in [1.29, 1.82) is 0 Å². The maximum Gasteiger partial charge on any atom is 0.177 e. The number of aromatic nitrogens is 6. The largest absolute Gasteiger partial charge is 0.343 e. The van der Waals surface area contributed by atoms with Gasteiger partial charge in [0.2, 0.25) is 0 Å². The first-order valence-corrected chi connectivity index (χ1v) is 7.16. The van der Waals surface area contributed by atoms with E-state index in [0.29, 0.717) is 5.65 Å². The number of halogens is 1. The minimum atomic E-state index is -0.273. The van der Waals surface area contributed by atoms with Crippen LogP contribution in [-0.4, -0.2) is 29.7 Å². The molecule has 4 heterocycles. The van der Waals surface area contributed by atoms with Crippen molar-refractivity contribution in [2.24, 2.45) is 0 Å². The number of fused-ring (bicyclic) bond motifs is 4. The van der Waals surface area contributed by atoms with Gasteiger partial charge in [0.05, 0.1) is 46.0 Å². The van der Waals surface area contributed by atoms with E-state index >= 15 is 0 Å². The number of nitrogens with one attached hydrogen (secondary N) is 2. The van der Waals surface area contributed by atoms with Crippen LogP contribution in [-0.2, 0) is 0 Å². The molecular weight excluding hydrogens is 295 g/mol.